The molecule has 0 aromatic heterocycles. The van der Waals surface area contributed by atoms with E-state index in [1.54, 1.807) is 0 Å². The fourth-order valence-electron chi connectivity index (χ4n) is 3.24. The second-order valence-electron chi connectivity index (χ2n) is 8.87. The molecule has 0 aliphatic heterocycles. The Morgan fingerprint density at radius 3 is 1.24 bits per heavy atom. The van der Waals surface area contributed by atoms with Crippen LogP contribution >= 0.6 is 11.8 Å². The van der Waals surface area contributed by atoms with Gasteiger partial charge >= 0.3 is 0 Å². The average Bonchev–Trinajstić information content (AvgIpc) is 2.41. The van der Waals surface area contributed by atoms with E-state index in [2.05, 4.69) is 41.5 Å². The number of aromatic hydroxyl groups is 2. The quantitative estimate of drug-likeness (QED) is 0.647. The lowest BCUT2D eigenvalue weighted by Crippen LogP contribution is -2.13. The van der Waals surface area contributed by atoms with Crippen LogP contribution in [0.15, 0.2) is 34.1 Å². The molecule has 0 spiro atoms. The normalized spacial score (nSPS) is 12.5. The lowest BCUT2D eigenvalue weighted by Gasteiger charge is -2.24. The van der Waals surface area contributed by atoms with Gasteiger partial charge in [0.15, 0.2) is 0 Å². The van der Waals surface area contributed by atoms with Gasteiger partial charge in [-0.05, 0) is 71.2 Å². The molecule has 0 aliphatic carbocycles. The minimum atomic E-state index is -0.00101. The van der Waals surface area contributed by atoms with Crippen molar-refractivity contribution in [3.8, 4) is 11.5 Å². The number of benzene rings is 2. The van der Waals surface area contributed by atoms with E-state index in [9.17, 15) is 10.2 Å². The van der Waals surface area contributed by atoms with Crippen molar-refractivity contribution >= 4 is 11.8 Å². The third kappa shape index (κ3) is 4.33. The van der Waals surface area contributed by atoms with Gasteiger partial charge in [0.2, 0.25) is 0 Å². The van der Waals surface area contributed by atoms with E-state index in [1.807, 2.05) is 38.1 Å². The fourth-order valence-corrected chi connectivity index (χ4v) is 4.16. The zero-order chi connectivity index (χ0) is 19.2. The maximum Gasteiger partial charge on any atom is 0.129 e. The third-order valence-electron chi connectivity index (χ3n) is 4.45. The lowest BCUT2D eigenvalue weighted by molar-refractivity contribution is 0.457. The molecule has 0 radical (unpaired) electrons. The van der Waals surface area contributed by atoms with Crippen LogP contribution in [-0.2, 0) is 10.8 Å². The SMILES string of the molecule is Cc1cc(O)c(Sc2cc(C(C)(C)C)c(C)cc2O)cc1C(C)(C)C. The zero-order valence-corrected chi connectivity index (χ0v) is 17.4. The van der Waals surface area contributed by atoms with Crippen molar-refractivity contribution in [1.29, 1.82) is 0 Å². The highest BCUT2D eigenvalue weighted by atomic mass is 32.2. The molecule has 0 unspecified atom stereocenters. The van der Waals surface area contributed by atoms with Gasteiger partial charge in [-0.25, -0.2) is 0 Å². The molecule has 0 amide bonds. The van der Waals surface area contributed by atoms with Gasteiger partial charge in [0.1, 0.15) is 11.5 Å². The van der Waals surface area contributed by atoms with E-state index < -0.39 is 0 Å². The Hall–Kier alpha value is -1.61. The maximum atomic E-state index is 10.4. The smallest absolute Gasteiger partial charge is 0.129 e. The van der Waals surface area contributed by atoms with Crippen molar-refractivity contribution in [2.75, 3.05) is 0 Å². The van der Waals surface area contributed by atoms with Crippen LogP contribution in [-0.4, -0.2) is 10.2 Å². The molecule has 0 heterocycles. The standard InChI is InChI=1S/C22H30O2S/c1-13-9-17(23)19(11-15(13)21(3,4)5)25-20-12-16(22(6,7)8)14(2)10-18(20)24/h9-12,23-24H,1-8H3. The van der Waals surface area contributed by atoms with Crippen LogP contribution in [0.25, 0.3) is 0 Å². The molecule has 0 fully saturated rings. The summed E-state index contributed by atoms with van der Waals surface area (Å²) in [5.41, 5.74) is 4.57. The van der Waals surface area contributed by atoms with Crippen LogP contribution in [0, 0.1) is 13.8 Å². The monoisotopic (exact) mass is 358 g/mol. The van der Waals surface area contributed by atoms with Gasteiger partial charge < -0.3 is 10.2 Å². The lowest BCUT2D eigenvalue weighted by atomic mass is 9.84. The molecule has 2 nitrogen and oxygen atoms in total. The van der Waals surface area contributed by atoms with Crippen LogP contribution < -0.4 is 0 Å². The van der Waals surface area contributed by atoms with E-state index in [0.717, 1.165) is 20.9 Å². The summed E-state index contributed by atoms with van der Waals surface area (Å²) >= 11 is 1.42. The van der Waals surface area contributed by atoms with Crippen LogP contribution in [0.1, 0.15) is 63.8 Å². The minimum absolute atomic E-state index is 0.00101. The Kier molecular flexibility index (Phi) is 5.21. The number of phenols is 2. The highest BCUT2D eigenvalue weighted by Crippen LogP contribution is 2.44. The zero-order valence-electron chi connectivity index (χ0n) is 16.6. The van der Waals surface area contributed by atoms with Crippen LogP contribution in [0.5, 0.6) is 11.5 Å². The largest absolute Gasteiger partial charge is 0.507 e. The molecule has 0 atom stereocenters. The highest BCUT2D eigenvalue weighted by Gasteiger charge is 2.22. The predicted octanol–water partition coefficient (Wildman–Crippen LogP) is 6.46. The first-order valence-electron chi connectivity index (χ1n) is 8.66. The number of hydrogen-bond donors (Lipinski definition) is 2. The third-order valence-corrected chi connectivity index (χ3v) is 5.54. The van der Waals surface area contributed by atoms with Gasteiger partial charge in [0.05, 0.1) is 9.79 Å². The van der Waals surface area contributed by atoms with Gasteiger partial charge in [0, 0.05) is 0 Å². The Morgan fingerprint density at radius 2 is 0.960 bits per heavy atom. The van der Waals surface area contributed by atoms with Gasteiger partial charge in [-0.1, -0.05) is 53.3 Å². The average molecular weight is 359 g/mol. The summed E-state index contributed by atoms with van der Waals surface area (Å²) in [5, 5.41) is 20.8. The first kappa shape index (κ1) is 19.7. The van der Waals surface area contributed by atoms with E-state index >= 15 is 0 Å². The molecule has 0 aliphatic rings. The molecule has 0 saturated heterocycles. The van der Waals surface area contributed by atoms with Gasteiger partial charge in [0.25, 0.3) is 0 Å². The first-order valence-corrected chi connectivity index (χ1v) is 9.48. The fraction of sp³-hybridized carbons (Fsp3) is 0.455. The summed E-state index contributed by atoms with van der Waals surface area (Å²) in [6.07, 6.45) is 0. The van der Waals surface area contributed by atoms with E-state index in [1.165, 1.54) is 22.9 Å². The van der Waals surface area contributed by atoms with E-state index in [0.29, 0.717) is 0 Å². The Morgan fingerprint density at radius 1 is 0.640 bits per heavy atom. The molecular formula is C22H30O2S. The van der Waals surface area contributed by atoms with Crippen molar-refractivity contribution in [2.45, 2.75) is 76.0 Å². The molecular weight excluding hydrogens is 328 g/mol. The molecule has 25 heavy (non-hydrogen) atoms. The summed E-state index contributed by atoms with van der Waals surface area (Å²) < 4.78 is 0. The Balaban J connectivity index is 2.54. The molecule has 3 heteroatoms. The van der Waals surface area contributed by atoms with Gasteiger partial charge in [-0.15, -0.1) is 0 Å². The van der Waals surface area contributed by atoms with Crippen molar-refractivity contribution in [3.05, 3.63) is 46.5 Å². The molecule has 0 bridgehead atoms. The second-order valence-corrected chi connectivity index (χ2v) is 9.96. The summed E-state index contributed by atoms with van der Waals surface area (Å²) in [6, 6.07) is 7.73. The number of aryl methyl sites for hydroxylation is 2. The number of phenolic OH excluding ortho intramolecular Hbond substituents is 2. The summed E-state index contributed by atoms with van der Waals surface area (Å²) in [5.74, 6) is 0.514. The van der Waals surface area contributed by atoms with Crippen LogP contribution in [0.4, 0.5) is 0 Å². The number of hydrogen-bond acceptors (Lipinski definition) is 3. The van der Waals surface area contributed by atoms with Gasteiger partial charge in [-0.2, -0.15) is 0 Å². The first-order chi connectivity index (χ1) is 11.3. The maximum absolute atomic E-state index is 10.4. The molecule has 2 N–H and O–H groups in total. The summed E-state index contributed by atoms with van der Waals surface area (Å²) in [4.78, 5) is 1.55. The second kappa shape index (κ2) is 6.60. The predicted molar refractivity (Wildman–Crippen MR) is 107 cm³/mol. The Labute approximate surface area is 156 Å². The summed E-state index contributed by atoms with van der Waals surface area (Å²) in [6.45, 7) is 17.1. The van der Waals surface area contributed by atoms with Crippen LogP contribution in [0.3, 0.4) is 0 Å². The number of rotatable bonds is 2. The van der Waals surface area contributed by atoms with Crippen LogP contribution in [0.2, 0.25) is 0 Å². The van der Waals surface area contributed by atoms with Crippen molar-refractivity contribution in [1.82, 2.24) is 0 Å². The highest BCUT2D eigenvalue weighted by molar-refractivity contribution is 7.99. The van der Waals surface area contributed by atoms with Crippen molar-refractivity contribution < 1.29 is 10.2 Å². The topological polar surface area (TPSA) is 40.5 Å². The molecule has 2 aromatic carbocycles. The molecule has 2 aromatic rings. The van der Waals surface area contributed by atoms with Gasteiger partial charge in [-0.3, -0.25) is 0 Å². The van der Waals surface area contributed by atoms with E-state index in [-0.39, 0.29) is 22.3 Å². The summed E-state index contributed by atoms with van der Waals surface area (Å²) in [7, 11) is 0. The van der Waals surface area contributed by atoms with Crippen molar-refractivity contribution in [3.63, 3.8) is 0 Å². The minimum Gasteiger partial charge on any atom is -0.507 e. The Bertz CT molecular complexity index is 726. The molecule has 0 saturated carbocycles. The van der Waals surface area contributed by atoms with Crippen molar-refractivity contribution in [2.24, 2.45) is 0 Å². The molecule has 136 valence electrons. The van der Waals surface area contributed by atoms with E-state index in [4.69, 9.17) is 0 Å². The molecule has 2 rings (SSSR count).